The predicted octanol–water partition coefficient (Wildman–Crippen LogP) is 3.25. The van der Waals surface area contributed by atoms with Crippen molar-refractivity contribution in [3.8, 4) is 0 Å². The summed E-state index contributed by atoms with van der Waals surface area (Å²) in [6.07, 6.45) is 3.09. The molecule has 2 aliphatic rings. The molecule has 2 aliphatic heterocycles. The molecule has 32 heavy (non-hydrogen) atoms. The first-order valence-electron chi connectivity index (χ1n) is 11.4. The first kappa shape index (κ1) is 22.5. The van der Waals surface area contributed by atoms with Crippen LogP contribution in [0.4, 0.5) is 10.5 Å². The molecule has 2 saturated heterocycles. The highest BCUT2D eigenvalue weighted by atomic mass is 16.6. The van der Waals surface area contributed by atoms with Gasteiger partial charge < -0.3 is 19.3 Å². The Balaban J connectivity index is 1.42. The van der Waals surface area contributed by atoms with Crippen LogP contribution in [0.15, 0.2) is 36.9 Å². The van der Waals surface area contributed by atoms with E-state index in [9.17, 15) is 4.79 Å². The minimum absolute atomic E-state index is 0.310. The number of hydrogen-bond acceptors (Lipinski definition) is 7. The number of ether oxygens (including phenoxy) is 2. The van der Waals surface area contributed by atoms with E-state index in [1.165, 1.54) is 5.69 Å². The van der Waals surface area contributed by atoms with Gasteiger partial charge in [-0.1, -0.05) is 6.58 Å². The Hall–Kier alpha value is -2.71. The lowest BCUT2D eigenvalue weighted by molar-refractivity contribution is 0.117. The minimum Gasteiger partial charge on any atom is -0.416 e. The van der Waals surface area contributed by atoms with E-state index in [4.69, 9.17) is 9.47 Å². The second-order valence-electron chi connectivity index (χ2n) is 8.61. The van der Waals surface area contributed by atoms with Gasteiger partial charge in [0.05, 0.1) is 23.6 Å². The molecule has 0 bridgehead atoms. The highest BCUT2D eigenvalue weighted by molar-refractivity contribution is 5.84. The number of likely N-dealkylation sites (tertiary alicyclic amines) is 1. The van der Waals surface area contributed by atoms with Crippen molar-refractivity contribution >= 4 is 22.7 Å². The zero-order valence-corrected chi connectivity index (χ0v) is 19.1. The lowest BCUT2D eigenvalue weighted by Crippen LogP contribution is -2.47. The number of carbonyl (C=O) groups excluding carboxylic acids is 1. The number of hydrogen-bond donors (Lipinski definition) is 0. The third kappa shape index (κ3) is 5.19. The van der Waals surface area contributed by atoms with Gasteiger partial charge in [0.1, 0.15) is 6.33 Å². The van der Waals surface area contributed by atoms with Crippen LogP contribution in [0, 0.1) is 0 Å². The fraction of sp³-hybridized carbons (Fsp3) is 0.542. The van der Waals surface area contributed by atoms with Crippen molar-refractivity contribution in [2.45, 2.75) is 25.7 Å². The second kappa shape index (κ2) is 10.3. The number of methoxy groups -OCH3 is 1. The number of carbonyl (C=O) groups is 1. The summed E-state index contributed by atoms with van der Waals surface area (Å²) in [5.41, 5.74) is 3.28. The van der Waals surface area contributed by atoms with E-state index in [0.717, 1.165) is 68.8 Å². The number of benzene rings is 1. The molecule has 0 unspecified atom stereocenters. The highest BCUT2D eigenvalue weighted by Gasteiger charge is 2.27. The van der Waals surface area contributed by atoms with E-state index in [2.05, 4.69) is 44.5 Å². The van der Waals surface area contributed by atoms with E-state index in [0.29, 0.717) is 24.8 Å². The summed E-state index contributed by atoms with van der Waals surface area (Å²) in [6.45, 7) is 12.5. The monoisotopic (exact) mass is 439 g/mol. The second-order valence-corrected chi connectivity index (χ2v) is 8.61. The third-order valence-corrected chi connectivity index (χ3v) is 6.40. The molecule has 0 radical (unpaired) electrons. The molecular weight excluding hydrogens is 406 g/mol. The van der Waals surface area contributed by atoms with E-state index < -0.39 is 0 Å². The Morgan fingerprint density at radius 1 is 1.12 bits per heavy atom. The smallest absolute Gasteiger partial charge is 0.414 e. The van der Waals surface area contributed by atoms with Gasteiger partial charge in [-0.25, -0.2) is 14.8 Å². The average Bonchev–Trinajstić information content (AvgIpc) is 2.82. The van der Waals surface area contributed by atoms with Gasteiger partial charge in [0.25, 0.3) is 0 Å². The summed E-state index contributed by atoms with van der Waals surface area (Å²) in [6, 6.07) is 6.54. The fourth-order valence-corrected chi connectivity index (χ4v) is 4.59. The van der Waals surface area contributed by atoms with E-state index in [1.54, 1.807) is 25.3 Å². The summed E-state index contributed by atoms with van der Waals surface area (Å²) in [7, 11) is 1.75. The van der Waals surface area contributed by atoms with Crippen LogP contribution in [0.3, 0.4) is 0 Å². The van der Waals surface area contributed by atoms with Crippen LogP contribution in [-0.2, 0) is 9.47 Å². The van der Waals surface area contributed by atoms with Crippen LogP contribution >= 0.6 is 0 Å². The SMILES string of the molecule is C=C(C)OC(=O)N1CCC(c2ncnc3cc(N4CCN(CCOC)CC4)ccc23)CC1. The van der Waals surface area contributed by atoms with E-state index >= 15 is 0 Å². The molecular formula is C24H33N5O3. The van der Waals surface area contributed by atoms with Gasteiger partial charge in [0.2, 0.25) is 0 Å². The quantitative estimate of drug-likeness (QED) is 0.640. The first-order valence-corrected chi connectivity index (χ1v) is 11.4. The van der Waals surface area contributed by atoms with Gasteiger partial charge in [-0.3, -0.25) is 4.90 Å². The lowest BCUT2D eigenvalue weighted by atomic mass is 9.91. The number of nitrogens with zero attached hydrogens (tertiary/aromatic N) is 5. The zero-order valence-electron chi connectivity index (χ0n) is 19.1. The fourth-order valence-electron chi connectivity index (χ4n) is 4.59. The Labute approximate surface area is 189 Å². The molecule has 2 aromatic rings. The van der Waals surface area contributed by atoms with Crippen molar-refractivity contribution in [2.24, 2.45) is 0 Å². The number of rotatable bonds is 6. The maximum Gasteiger partial charge on any atom is 0.414 e. The van der Waals surface area contributed by atoms with Gasteiger partial charge in [-0.05, 0) is 38.0 Å². The molecule has 0 spiro atoms. The van der Waals surface area contributed by atoms with Crippen molar-refractivity contribution in [3.63, 3.8) is 0 Å². The van der Waals surface area contributed by atoms with Crippen LogP contribution in [-0.4, -0.2) is 85.4 Å². The van der Waals surface area contributed by atoms with Crippen molar-refractivity contribution in [3.05, 3.63) is 42.6 Å². The topological polar surface area (TPSA) is 71.0 Å². The number of aromatic nitrogens is 2. The maximum atomic E-state index is 12.1. The number of piperidine rings is 1. The standard InChI is InChI=1S/C24H33N5O3/c1-18(2)32-24(30)29-8-6-19(7-9-29)23-21-5-4-20(16-22(21)25-17-26-23)28-12-10-27(11-13-28)14-15-31-3/h4-5,16-17,19H,1,6-15H2,2-3H3. The van der Waals surface area contributed by atoms with Gasteiger partial charge in [0.15, 0.2) is 0 Å². The van der Waals surface area contributed by atoms with E-state index in [1.807, 2.05) is 0 Å². The molecule has 172 valence electrons. The normalized spacial score (nSPS) is 18.2. The number of allylic oxidation sites excluding steroid dienone is 1. The Morgan fingerprint density at radius 3 is 2.56 bits per heavy atom. The molecule has 0 N–H and O–H groups in total. The molecule has 3 heterocycles. The summed E-state index contributed by atoms with van der Waals surface area (Å²) >= 11 is 0. The minimum atomic E-state index is -0.310. The molecule has 0 atom stereocenters. The van der Waals surface area contributed by atoms with Crippen LogP contribution < -0.4 is 4.90 Å². The molecule has 8 nitrogen and oxygen atoms in total. The first-order chi connectivity index (χ1) is 15.5. The Morgan fingerprint density at radius 2 is 1.88 bits per heavy atom. The van der Waals surface area contributed by atoms with Crippen LogP contribution in [0.1, 0.15) is 31.4 Å². The summed E-state index contributed by atoms with van der Waals surface area (Å²) < 4.78 is 10.4. The number of piperazine rings is 1. The summed E-state index contributed by atoms with van der Waals surface area (Å²) in [5, 5.41) is 1.11. The van der Waals surface area contributed by atoms with Crippen LogP contribution in [0.5, 0.6) is 0 Å². The van der Waals surface area contributed by atoms with Gasteiger partial charge in [-0.15, -0.1) is 0 Å². The average molecular weight is 440 g/mol. The van der Waals surface area contributed by atoms with Crippen LogP contribution in [0.2, 0.25) is 0 Å². The molecule has 8 heteroatoms. The molecule has 1 aromatic carbocycles. The highest BCUT2D eigenvalue weighted by Crippen LogP contribution is 2.32. The Bertz CT molecular complexity index is 950. The molecule has 0 aliphatic carbocycles. The van der Waals surface area contributed by atoms with Crippen LogP contribution in [0.25, 0.3) is 10.9 Å². The van der Waals surface area contributed by atoms with Gasteiger partial charge in [0, 0.05) is 69.9 Å². The van der Waals surface area contributed by atoms with Gasteiger partial charge in [-0.2, -0.15) is 0 Å². The van der Waals surface area contributed by atoms with Crippen molar-refractivity contribution in [2.75, 3.05) is 64.4 Å². The molecule has 2 fully saturated rings. The summed E-state index contributed by atoms with van der Waals surface area (Å²) in [5.74, 6) is 0.732. The van der Waals surface area contributed by atoms with E-state index in [-0.39, 0.29) is 6.09 Å². The number of anilines is 1. The summed E-state index contributed by atoms with van der Waals surface area (Å²) in [4.78, 5) is 27.9. The molecule has 1 amide bonds. The molecule has 4 rings (SSSR count). The predicted molar refractivity (Wildman–Crippen MR) is 125 cm³/mol. The number of fused-ring (bicyclic) bond motifs is 1. The Kier molecular flexibility index (Phi) is 7.22. The molecule has 1 aromatic heterocycles. The van der Waals surface area contributed by atoms with Crippen molar-refractivity contribution in [1.82, 2.24) is 19.8 Å². The van der Waals surface area contributed by atoms with Gasteiger partial charge >= 0.3 is 6.09 Å². The number of amides is 1. The van der Waals surface area contributed by atoms with Crippen molar-refractivity contribution < 1.29 is 14.3 Å². The maximum absolute atomic E-state index is 12.1. The zero-order chi connectivity index (χ0) is 22.5. The molecule has 0 saturated carbocycles. The largest absolute Gasteiger partial charge is 0.416 e. The third-order valence-electron chi connectivity index (χ3n) is 6.40. The van der Waals surface area contributed by atoms with Crippen molar-refractivity contribution in [1.29, 1.82) is 0 Å². The lowest BCUT2D eigenvalue weighted by Gasteiger charge is -2.36.